The van der Waals surface area contributed by atoms with E-state index in [4.69, 9.17) is 0 Å². The molecule has 1 fully saturated rings. The molecule has 0 atom stereocenters. The zero-order valence-electron chi connectivity index (χ0n) is 13.0. The van der Waals surface area contributed by atoms with Gasteiger partial charge in [0.05, 0.1) is 13.2 Å². The maximum absolute atomic E-state index is 4.57. The SMILES string of the molecule is C1CCOOC1.CCN(CC)CC.Sc1ccccc1. The van der Waals surface area contributed by atoms with E-state index in [1.54, 1.807) is 0 Å². The molecule has 0 amide bonds. The minimum absolute atomic E-state index is 0.778. The highest BCUT2D eigenvalue weighted by Crippen LogP contribution is 2.00. The van der Waals surface area contributed by atoms with Gasteiger partial charge in [-0.15, -0.1) is 12.6 Å². The summed E-state index contributed by atoms with van der Waals surface area (Å²) in [7, 11) is 0. The summed E-state index contributed by atoms with van der Waals surface area (Å²) in [6, 6.07) is 9.79. The van der Waals surface area contributed by atoms with Crippen molar-refractivity contribution in [3.05, 3.63) is 30.3 Å². The van der Waals surface area contributed by atoms with E-state index in [0.717, 1.165) is 31.0 Å². The zero-order valence-corrected chi connectivity index (χ0v) is 13.9. The highest BCUT2D eigenvalue weighted by atomic mass is 32.1. The van der Waals surface area contributed by atoms with Gasteiger partial charge in [-0.1, -0.05) is 39.0 Å². The van der Waals surface area contributed by atoms with Crippen LogP contribution < -0.4 is 0 Å². The summed E-state index contributed by atoms with van der Waals surface area (Å²) in [5.41, 5.74) is 0. The van der Waals surface area contributed by atoms with Crippen molar-refractivity contribution in [1.29, 1.82) is 0 Å². The van der Waals surface area contributed by atoms with E-state index >= 15 is 0 Å². The molecule has 1 heterocycles. The fraction of sp³-hybridized carbons (Fsp3) is 0.625. The molecule has 1 aliphatic rings. The van der Waals surface area contributed by atoms with Crippen LogP contribution in [0.5, 0.6) is 0 Å². The van der Waals surface area contributed by atoms with E-state index in [9.17, 15) is 0 Å². The molecule has 20 heavy (non-hydrogen) atoms. The molecule has 0 aromatic heterocycles. The maximum atomic E-state index is 4.57. The topological polar surface area (TPSA) is 21.7 Å². The fourth-order valence-electron chi connectivity index (χ4n) is 1.54. The third kappa shape index (κ3) is 12.5. The molecule has 1 aromatic rings. The van der Waals surface area contributed by atoms with Crippen LogP contribution in [0.4, 0.5) is 0 Å². The van der Waals surface area contributed by atoms with Crippen LogP contribution in [0.2, 0.25) is 0 Å². The Bertz CT molecular complexity index is 271. The largest absolute Gasteiger partial charge is 0.304 e. The second-order valence-electron chi connectivity index (χ2n) is 4.31. The molecule has 3 nitrogen and oxygen atoms in total. The van der Waals surface area contributed by atoms with Gasteiger partial charge >= 0.3 is 0 Å². The maximum Gasteiger partial charge on any atom is 0.0823 e. The second-order valence-corrected chi connectivity index (χ2v) is 4.82. The first-order valence-electron chi connectivity index (χ1n) is 7.45. The minimum atomic E-state index is 0.778. The van der Waals surface area contributed by atoms with Crippen LogP contribution in [0.15, 0.2) is 35.2 Å². The molecule has 1 aromatic carbocycles. The lowest BCUT2D eigenvalue weighted by Crippen LogP contribution is -2.21. The first-order valence-corrected chi connectivity index (χ1v) is 7.90. The third-order valence-electron chi connectivity index (χ3n) is 2.89. The zero-order chi connectivity index (χ0) is 15.1. The summed E-state index contributed by atoms with van der Waals surface area (Å²) in [6.45, 7) is 11.7. The van der Waals surface area contributed by atoms with E-state index in [2.05, 4.69) is 48.1 Å². The van der Waals surface area contributed by atoms with Crippen molar-refractivity contribution in [3.63, 3.8) is 0 Å². The molecular weight excluding hydrogens is 270 g/mol. The Balaban J connectivity index is 0.000000271. The number of hydrogen-bond acceptors (Lipinski definition) is 4. The predicted molar refractivity (Wildman–Crippen MR) is 88.3 cm³/mol. The number of thiol groups is 1. The summed E-state index contributed by atoms with van der Waals surface area (Å²) in [5, 5.41) is 0. The third-order valence-corrected chi connectivity index (χ3v) is 3.18. The molecule has 2 rings (SSSR count). The number of nitrogens with zero attached hydrogens (tertiary/aromatic N) is 1. The number of benzene rings is 1. The Morgan fingerprint density at radius 3 is 1.50 bits per heavy atom. The van der Waals surface area contributed by atoms with Gasteiger partial charge < -0.3 is 4.90 Å². The van der Waals surface area contributed by atoms with Gasteiger partial charge in [-0.2, -0.15) is 0 Å². The number of rotatable bonds is 3. The Labute approximate surface area is 129 Å². The lowest BCUT2D eigenvalue weighted by atomic mass is 10.3. The molecule has 1 saturated heterocycles. The van der Waals surface area contributed by atoms with Crippen molar-refractivity contribution >= 4 is 12.6 Å². The molecule has 0 bridgehead atoms. The van der Waals surface area contributed by atoms with Gasteiger partial charge in [-0.25, -0.2) is 9.78 Å². The lowest BCUT2D eigenvalue weighted by molar-refractivity contribution is -0.312. The Kier molecular flexibility index (Phi) is 14.4. The lowest BCUT2D eigenvalue weighted by Gasteiger charge is -2.13. The first kappa shape index (κ1) is 19.4. The molecule has 0 unspecified atom stereocenters. The fourth-order valence-corrected chi connectivity index (χ4v) is 1.71. The highest BCUT2D eigenvalue weighted by molar-refractivity contribution is 7.80. The Hall–Kier alpha value is -0.550. The molecule has 0 aliphatic carbocycles. The summed E-state index contributed by atoms with van der Waals surface area (Å²) < 4.78 is 0. The molecule has 0 saturated carbocycles. The quantitative estimate of drug-likeness (QED) is 0.672. The van der Waals surface area contributed by atoms with Gasteiger partial charge in [0, 0.05) is 4.90 Å². The van der Waals surface area contributed by atoms with Crippen LogP contribution in [-0.2, 0) is 9.78 Å². The first-order chi connectivity index (χ1) is 9.74. The van der Waals surface area contributed by atoms with Gasteiger partial charge in [0.25, 0.3) is 0 Å². The van der Waals surface area contributed by atoms with Crippen LogP contribution >= 0.6 is 12.6 Å². The second kappa shape index (κ2) is 14.9. The monoisotopic (exact) mass is 299 g/mol. The molecule has 0 spiro atoms. The van der Waals surface area contributed by atoms with Gasteiger partial charge in [-0.05, 0) is 44.6 Å². The van der Waals surface area contributed by atoms with Crippen molar-refractivity contribution in [1.82, 2.24) is 4.90 Å². The number of hydrogen-bond donors (Lipinski definition) is 1. The van der Waals surface area contributed by atoms with Crippen molar-refractivity contribution in [2.45, 2.75) is 38.5 Å². The standard InChI is InChI=1S/C6H15N.C6H6S.C4H8O2/c1-4-7(5-2)6-3;7-6-4-2-1-3-5-6;1-2-4-6-5-3-1/h4-6H2,1-3H3;1-5,7H;1-4H2. The molecule has 0 N–H and O–H groups in total. The molecule has 4 heteroatoms. The van der Waals surface area contributed by atoms with Crippen molar-refractivity contribution in [2.24, 2.45) is 0 Å². The predicted octanol–water partition coefficient (Wildman–Crippen LogP) is 4.05. The van der Waals surface area contributed by atoms with Crippen LogP contribution in [0.1, 0.15) is 33.6 Å². The highest BCUT2D eigenvalue weighted by Gasteiger charge is 1.95. The van der Waals surface area contributed by atoms with Gasteiger partial charge in [-0.3, -0.25) is 0 Å². The van der Waals surface area contributed by atoms with Gasteiger partial charge in [0.1, 0.15) is 0 Å². The van der Waals surface area contributed by atoms with Crippen LogP contribution in [0.25, 0.3) is 0 Å². The van der Waals surface area contributed by atoms with Crippen molar-refractivity contribution in [3.8, 4) is 0 Å². The van der Waals surface area contributed by atoms with E-state index in [1.165, 1.54) is 19.6 Å². The minimum Gasteiger partial charge on any atom is -0.304 e. The Morgan fingerprint density at radius 1 is 0.900 bits per heavy atom. The smallest absolute Gasteiger partial charge is 0.0823 e. The molecule has 116 valence electrons. The summed E-state index contributed by atoms with van der Waals surface area (Å²) in [6.07, 6.45) is 2.31. The Morgan fingerprint density at radius 2 is 1.35 bits per heavy atom. The summed E-state index contributed by atoms with van der Waals surface area (Å²) in [4.78, 5) is 12.5. The molecule has 1 aliphatic heterocycles. The normalized spacial score (nSPS) is 13.8. The summed E-state index contributed by atoms with van der Waals surface area (Å²) >= 11 is 4.08. The van der Waals surface area contributed by atoms with Gasteiger partial charge in [0.15, 0.2) is 0 Å². The van der Waals surface area contributed by atoms with E-state index in [1.807, 2.05) is 30.3 Å². The van der Waals surface area contributed by atoms with Gasteiger partial charge in [0.2, 0.25) is 0 Å². The van der Waals surface area contributed by atoms with E-state index in [0.29, 0.717) is 0 Å². The van der Waals surface area contributed by atoms with E-state index < -0.39 is 0 Å². The van der Waals surface area contributed by atoms with E-state index in [-0.39, 0.29) is 0 Å². The average molecular weight is 299 g/mol. The van der Waals surface area contributed by atoms with Crippen molar-refractivity contribution in [2.75, 3.05) is 32.8 Å². The van der Waals surface area contributed by atoms with Crippen LogP contribution in [0, 0.1) is 0 Å². The average Bonchev–Trinajstić information content (AvgIpc) is 2.53. The molecular formula is C16H29NO2S. The molecule has 0 radical (unpaired) electrons. The van der Waals surface area contributed by atoms with Crippen molar-refractivity contribution < 1.29 is 9.78 Å². The van der Waals surface area contributed by atoms with Crippen LogP contribution in [0.3, 0.4) is 0 Å². The summed E-state index contributed by atoms with van der Waals surface area (Å²) in [5.74, 6) is 0. The van der Waals surface area contributed by atoms with Crippen LogP contribution in [-0.4, -0.2) is 37.7 Å².